The quantitative estimate of drug-likeness (QED) is 0.821. The highest BCUT2D eigenvalue weighted by Gasteiger charge is 2.18. The molecule has 0 unspecified atom stereocenters. The Bertz CT molecular complexity index is 434. The number of benzene rings is 1. The monoisotopic (exact) mass is 242 g/mol. The normalized spacial score (nSPS) is 14.7. The molecule has 0 bridgehead atoms. The fraction of sp³-hybridized carbons (Fsp3) is 0.300. The molecule has 16 heavy (non-hydrogen) atoms. The first-order valence-corrected chi connectivity index (χ1v) is 5.11. The maximum Gasteiger partial charge on any atom is 0.241 e. The molecule has 6 heteroatoms. The summed E-state index contributed by atoms with van der Waals surface area (Å²) in [6.07, 6.45) is 0. The fourth-order valence-electron chi connectivity index (χ4n) is 1.26. The Morgan fingerprint density at radius 2 is 2.12 bits per heavy atom. The number of hydrogen-bond donors (Lipinski definition) is 2. The van der Waals surface area contributed by atoms with Crippen LogP contribution in [0.4, 0.5) is 5.69 Å². The largest absolute Gasteiger partial charge is 0.454 e. The molecular formula is C10H11ClN2O3. The average Bonchev–Trinajstić information content (AvgIpc) is 2.65. The highest BCUT2D eigenvalue weighted by molar-refractivity contribution is 6.34. The van der Waals surface area contributed by atoms with Crippen LogP contribution in [0.1, 0.15) is 6.92 Å². The van der Waals surface area contributed by atoms with Crippen molar-refractivity contribution in [3.05, 3.63) is 17.2 Å². The molecule has 0 spiro atoms. The van der Waals surface area contributed by atoms with Gasteiger partial charge in [-0.3, -0.25) is 4.79 Å². The zero-order chi connectivity index (χ0) is 11.7. The predicted molar refractivity (Wildman–Crippen MR) is 59.9 cm³/mol. The zero-order valence-corrected chi connectivity index (χ0v) is 9.38. The van der Waals surface area contributed by atoms with Gasteiger partial charge < -0.3 is 20.5 Å². The Hall–Kier alpha value is -1.46. The molecule has 86 valence electrons. The molecule has 1 aromatic carbocycles. The van der Waals surface area contributed by atoms with E-state index in [-0.39, 0.29) is 12.7 Å². The minimum atomic E-state index is -0.596. The molecular weight excluding hydrogens is 232 g/mol. The number of nitrogens with two attached hydrogens (primary N) is 1. The zero-order valence-electron chi connectivity index (χ0n) is 8.62. The number of anilines is 1. The van der Waals surface area contributed by atoms with Crippen LogP contribution < -0.4 is 20.5 Å². The summed E-state index contributed by atoms with van der Waals surface area (Å²) in [5.41, 5.74) is 5.90. The van der Waals surface area contributed by atoms with Gasteiger partial charge in [0.15, 0.2) is 11.5 Å². The third-order valence-corrected chi connectivity index (χ3v) is 2.45. The van der Waals surface area contributed by atoms with Crippen molar-refractivity contribution in [2.45, 2.75) is 13.0 Å². The molecule has 1 aliphatic heterocycles. The molecule has 1 heterocycles. The van der Waals surface area contributed by atoms with Crippen LogP contribution >= 0.6 is 11.6 Å². The molecule has 0 fully saturated rings. The molecule has 5 nitrogen and oxygen atoms in total. The van der Waals surface area contributed by atoms with Gasteiger partial charge in [-0.05, 0) is 6.92 Å². The molecule has 0 aromatic heterocycles. The summed E-state index contributed by atoms with van der Waals surface area (Å²) in [4.78, 5) is 11.4. The van der Waals surface area contributed by atoms with E-state index in [1.807, 2.05) is 0 Å². The Balaban J connectivity index is 2.25. The molecule has 1 amide bonds. The van der Waals surface area contributed by atoms with Gasteiger partial charge in [0.2, 0.25) is 12.7 Å². The Morgan fingerprint density at radius 1 is 1.50 bits per heavy atom. The summed E-state index contributed by atoms with van der Waals surface area (Å²) in [6.45, 7) is 1.76. The van der Waals surface area contributed by atoms with E-state index in [2.05, 4.69) is 5.32 Å². The topological polar surface area (TPSA) is 73.6 Å². The fourth-order valence-corrected chi connectivity index (χ4v) is 1.46. The number of hydrogen-bond acceptors (Lipinski definition) is 4. The van der Waals surface area contributed by atoms with Crippen molar-refractivity contribution in [1.82, 2.24) is 0 Å². The lowest BCUT2D eigenvalue weighted by Crippen LogP contribution is -2.32. The first-order chi connectivity index (χ1) is 7.58. The minimum absolute atomic E-state index is 0.163. The van der Waals surface area contributed by atoms with Crippen LogP contribution in [0.2, 0.25) is 5.02 Å². The summed E-state index contributed by atoms with van der Waals surface area (Å²) in [5.74, 6) is 0.828. The van der Waals surface area contributed by atoms with Gasteiger partial charge in [0.05, 0.1) is 16.8 Å². The molecule has 1 atom stereocenters. The van der Waals surface area contributed by atoms with Gasteiger partial charge in [-0.15, -0.1) is 0 Å². The smallest absolute Gasteiger partial charge is 0.241 e. The predicted octanol–water partition coefficient (Wildman–Crippen LogP) is 1.35. The number of carbonyl (C=O) groups excluding carboxylic acids is 1. The van der Waals surface area contributed by atoms with E-state index in [0.29, 0.717) is 22.2 Å². The lowest BCUT2D eigenvalue weighted by Gasteiger charge is -2.10. The molecule has 3 N–H and O–H groups in total. The minimum Gasteiger partial charge on any atom is -0.454 e. The number of rotatable bonds is 2. The van der Waals surface area contributed by atoms with Gasteiger partial charge in [-0.25, -0.2) is 0 Å². The van der Waals surface area contributed by atoms with E-state index in [0.717, 1.165) is 0 Å². The lowest BCUT2D eigenvalue weighted by atomic mass is 10.2. The number of carbonyl (C=O) groups is 1. The summed E-state index contributed by atoms with van der Waals surface area (Å²) >= 11 is 5.97. The SMILES string of the molecule is C[C@@H](N)C(=O)Nc1cc2c(cc1Cl)OCO2. The molecule has 0 saturated heterocycles. The van der Waals surface area contributed by atoms with Gasteiger partial charge in [-0.2, -0.15) is 0 Å². The number of halogens is 1. The van der Waals surface area contributed by atoms with Crippen LogP contribution in [0.5, 0.6) is 11.5 Å². The number of ether oxygens (including phenoxy) is 2. The van der Waals surface area contributed by atoms with Crippen molar-refractivity contribution in [2.24, 2.45) is 5.73 Å². The van der Waals surface area contributed by atoms with Gasteiger partial charge in [-0.1, -0.05) is 11.6 Å². The number of amides is 1. The van der Waals surface area contributed by atoms with Crippen molar-refractivity contribution in [3.63, 3.8) is 0 Å². The Kier molecular flexibility index (Phi) is 2.89. The summed E-state index contributed by atoms with van der Waals surface area (Å²) in [7, 11) is 0. The van der Waals surface area contributed by atoms with Crippen LogP contribution in [0, 0.1) is 0 Å². The highest BCUT2D eigenvalue weighted by Crippen LogP contribution is 2.39. The van der Waals surface area contributed by atoms with E-state index in [1.165, 1.54) is 0 Å². The van der Waals surface area contributed by atoms with Gasteiger partial charge in [0, 0.05) is 12.1 Å². The molecule has 0 radical (unpaired) electrons. The van der Waals surface area contributed by atoms with Crippen molar-refractivity contribution in [2.75, 3.05) is 12.1 Å². The van der Waals surface area contributed by atoms with E-state index in [1.54, 1.807) is 19.1 Å². The molecule has 2 rings (SSSR count). The summed E-state index contributed by atoms with van der Waals surface area (Å²) < 4.78 is 10.3. The second kappa shape index (κ2) is 4.19. The van der Waals surface area contributed by atoms with Crippen molar-refractivity contribution >= 4 is 23.2 Å². The van der Waals surface area contributed by atoms with Crippen molar-refractivity contribution in [3.8, 4) is 11.5 Å². The maximum atomic E-state index is 11.4. The van der Waals surface area contributed by atoms with Crippen molar-refractivity contribution < 1.29 is 14.3 Å². The summed E-state index contributed by atoms with van der Waals surface area (Å²) in [6, 6.07) is 2.62. The Labute approximate surface area is 97.5 Å². The second-order valence-electron chi connectivity index (χ2n) is 3.46. The second-order valence-corrected chi connectivity index (χ2v) is 3.87. The van der Waals surface area contributed by atoms with Crippen LogP contribution in [0.25, 0.3) is 0 Å². The molecule has 0 saturated carbocycles. The van der Waals surface area contributed by atoms with E-state index < -0.39 is 6.04 Å². The maximum absolute atomic E-state index is 11.4. The number of fused-ring (bicyclic) bond motifs is 1. The van der Waals surface area contributed by atoms with Crippen molar-refractivity contribution in [1.29, 1.82) is 0 Å². The van der Waals surface area contributed by atoms with Crippen LogP contribution in [0.3, 0.4) is 0 Å². The van der Waals surface area contributed by atoms with Crippen LogP contribution in [-0.2, 0) is 4.79 Å². The molecule has 0 aliphatic carbocycles. The lowest BCUT2D eigenvalue weighted by molar-refractivity contribution is -0.117. The van der Waals surface area contributed by atoms with Gasteiger partial charge in [0.1, 0.15) is 0 Å². The first kappa shape index (κ1) is 11.0. The standard InChI is InChI=1S/C10H11ClN2O3/c1-5(12)10(14)13-7-3-9-8(2-6(7)11)15-4-16-9/h2-3,5H,4,12H2,1H3,(H,13,14)/t5-/m1/s1. The summed E-state index contributed by atoms with van der Waals surface area (Å²) in [5, 5.41) is 3.00. The van der Waals surface area contributed by atoms with E-state index in [4.69, 9.17) is 26.8 Å². The first-order valence-electron chi connectivity index (χ1n) is 4.73. The Morgan fingerprint density at radius 3 is 2.75 bits per heavy atom. The van der Waals surface area contributed by atoms with Gasteiger partial charge in [0.25, 0.3) is 0 Å². The van der Waals surface area contributed by atoms with Crippen LogP contribution in [-0.4, -0.2) is 18.7 Å². The highest BCUT2D eigenvalue weighted by atomic mass is 35.5. The number of nitrogens with one attached hydrogen (secondary N) is 1. The van der Waals surface area contributed by atoms with E-state index in [9.17, 15) is 4.79 Å². The molecule has 1 aromatic rings. The third-order valence-electron chi connectivity index (χ3n) is 2.13. The molecule has 1 aliphatic rings. The van der Waals surface area contributed by atoms with E-state index >= 15 is 0 Å². The van der Waals surface area contributed by atoms with Gasteiger partial charge >= 0.3 is 0 Å². The average molecular weight is 243 g/mol. The van der Waals surface area contributed by atoms with Crippen LogP contribution in [0.15, 0.2) is 12.1 Å². The third kappa shape index (κ3) is 2.05.